The molecule has 0 spiro atoms. The average molecular weight is 347 g/mol. The average Bonchev–Trinajstić information content (AvgIpc) is 2.69. The smallest absolute Gasteiger partial charge is 0.255 e. The van der Waals surface area contributed by atoms with Crippen molar-refractivity contribution in [1.82, 2.24) is 4.98 Å². The molecule has 5 heteroatoms. The van der Waals surface area contributed by atoms with Gasteiger partial charge in [-0.1, -0.05) is 18.2 Å². The van der Waals surface area contributed by atoms with Crippen LogP contribution in [0.1, 0.15) is 23.2 Å². The molecule has 1 saturated heterocycles. The van der Waals surface area contributed by atoms with Gasteiger partial charge in [0, 0.05) is 35.9 Å². The number of anilines is 2. The highest BCUT2D eigenvalue weighted by Gasteiger charge is 2.17. The zero-order chi connectivity index (χ0) is 17.9. The summed E-state index contributed by atoms with van der Waals surface area (Å²) in [5, 5.41) is 13.6. The van der Waals surface area contributed by atoms with Crippen LogP contribution < -0.4 is 10.2 Å². The maximum absolute atomic E-state index is 12.6. The number of amides is 1. The number of aliphatic hydroxyl groups excluding tert-OH is 1. The molecular formula is C21H21N3O2. The number of hydrogen-bond donors (Lipinski definition) is 2. The van der Waals surface area contributed by atoms with Gasteiger partial charge in [-0.15, -0.1) is 0 Å². The number of pyridine rings is 1. The fourth-order valence-electron chi connectivity index (χ4n) is 3.35. The summed E-state index contributed by atoms with van der Waals surface area (Å²) in [6, 6.07) is 17.2. The molecule has 0 saturated carbocycles. The van der Waals surface area contributed by atoms with Crippen molar-refractivity contribution in [3.63, 3.8) is 0 Å². The van der Waals surface area contributed by atoms with Gasteiger partial charge in [-0.3, -0.25) is 9.78 Å². The maximum atomic E-state index is 12.6. The fraction of sp³-hybridized carbons (Fsp3) is 0.238. The summed E-state index contributed by atoms with van der Waals surface area (Å²) in [6.07, 6.45) is 3.11. The molecule has 2 N–H and O–H groups in total. The molecule has 0 atom stereocenters. The number of aromatic nitrogens is 1. The normalized spacial score (nSPS) is 15.2. The minimum Gasteiger partial charge on any atom is -0.393 e. The van der Waals surface area contributed by atoms with Gasteiger partial charge < -0.3 is 15.3 Å². The van der Waals surface area contributed by atoms with Crippen LogP contribution in [0.4, 0.5) is 11.4 Å². The van der Waals surface area contributed by atoms with Crippen molar-refractivity contribution < 1.29 is 9.90 Å². The summed E-state index contributed by atoms with van der Waals surface area (Å²) >= 11 is 0. The van der Waals surface area contributed by atoms with Gasteiger partial charge in [-0.25, -0.2) is 0 Å². The molecule has 4 rings (SSSR count). The molecule has 0 unspecified atom stereocenters. The van der Waals surface area contributed by atoms with Crippen LogP contribution in [-0.4, -0.2) is 35.2 Å². The fourth-order valence-corrected chi connectivity index (χ4v) is 3.35. The standard InChI is InChI=1S/C21H21N3O2/c25-18-10-13-24(14-11-18)17-8-6-16(7-9-17)21(26)23-19-5-1-3-15-4-2-12-22-20(15)19/h1-9,12,18,25H,10-11,13-14H2,(H,23,26). The SMILES string of the molecule is O=C(Nc1cccc2cccnc12)c1ccc(N2CCC(O)CC2)cc1. The summed E-state index contributed by atoms with van der Waals surface area (Å²) in [6.45, 7) is 1.68. The van der Waals surface area contributed by atoms with Crippen LogP contribution >= 0.6 is 0 Å². The molecule has 1 fully saturated rings. The molecular weight excluding hydrogens is 326 g/mol. The number of para-hydroxylation sites is 1. The van der Waals surface area contributed by atoms with Crippen molar-refractivity contribution in [2.24, 2.45) is 0 Å². The summed E-state index contributed by atoms with van der Waals surface area (Å²) in [5.41, 5.74) is 3.19. The molecule has 0 radical (unpaired) electrons. The van der Waals surface area contributed by atoms with Gasteiger partial charge in [-0.2, -0.15) is 0 Å². The molecule has 1 amide bonds. The number of nitrogens with zero attached hydrogens (tertiary/aromatic N) is 2. The van der Waals surface area contributed by atoms with Crippen molar-refractivity contribution in [2.45, 2.75) is 18.9 Å². The number of benzene rings is 2. The van der Waals surface area contributed by atoms with Crippen LogP contribution in [0.5, 0.6) is 0 Å². The second-order valence-electron chi connectivity index (χ2n) is 6.60. The summed E-state index contributed by atoms with van der Waals surface area (Å²) in [5.74, 6) is -0.149. The van der Waals surface area contributed by atoms with Crippen LogP contribution in [0, 0.1) is 0 Å². The molecule has 1 aliphatic heterocycles. The van der Waals surface area contributed by atoms with E-state index in [1.54, 1.807) is 6.20 Å². The number of carbonyl (C=O) groups is 1. The first-order chi connectivity index (χ1) is 12.7. The van der Waals surface area contributed by atoms with Crippen molar-refractivity contribution in [2.75, 3.05) is 23.3 Å². The Balaban J connectivity index is 1.50. The first-order valence-corrected chi connectivity index (χ1v) is 8.89. The third kappa shape index (κ3) is 3.39. The van der Waals surface area contributed by atoms with Crippen LogP contribution in [-0.2, 0) is 0 Å². The monoisotopic (exact) mass is 347 g/mol. The number of rotatable bonds is 3. The third-order valence-corrected chi connectivity index (χ3v) is 4.84. The molecule has 1 aliphatic rings. The van der Waals surface area contributed by atoms with E-state index in [-0.39, 0.29) is 12.0 Å². The molecule has 2 aromatic carbocycles. The number of carbonyl (C=O) groups excluding carboxylic acids is 1. The van der Waals surface area contributed by atoms with Crippen molar-refractivity contribution >= 4 is 28.2 Å². The van der Waals surface area contributed by atoms with Crippen molar-refractivity contribution in [1.29, 1.82) is 0 Å². The van der Waals surface area contributed by atoms with Crippen molar-refractivity contribution in [3.05, 3.63) is 66.4 Å². The van der Waals surface area contributed by atoms with E-state index in [0.717, 1.165) is 42.5 Å². The van der Waals surface area contributed by atoms with Gasteiger partial charge in [0.2, 0.25) is 0 Å². The van der Waals surface area contributed by atoms with E-state index in [1.807, 2.05) is 54.6 Å². The summed E-state index contributed by atoms with van der Waals surface area (Å²) < 4.78 is 0. The Bertz CT molecular complexity index is 911. The molecule has 0 aliphatic carbocycles. The van der Waals surface area contributed by atoms with Crippen LogP contribution in [0.25, 0.3) is 10.9 Å². The third-order valence-electron chi connectivity index (χ3n) is 4.84. The van der Waals surface area contributed by atoms with Gasteiger partial charge in [0.05, 0.1) is 17.3 Å². The lowest BCUT2D eigenvalue weighted by molar-refractivity contribution is 0.102. The Labute approximate surface area is 152 Å². The summed E-state index contributed by atoms with van der Waals surface area (Å²) in [4.78, 5) is 19.2. The highest BCUT2D eigenvalue weighted by atomic mass is 16.3. The lowest BCUT2D eigenvalue weighted by Gasteiger charge is -2.31. The number of aliphatic hydroxyl groups is 1. The minimum atomic E-state index is -0.189. The molecule has 3 aromatic rings. The zero-order valence-corrected chi connectivity index (χ0v) is 14.4. The van der Waals surface area contributed by atoms with Gasteiger partial charge in [0.1, 0.15) is 0 Å². The van der Waals surface area contributed by atoms with Gasteiger partial charge >= 0.3 is 0 Å². The maximum Gasteiger partial charge on any atom is 0.255 e. The van der Waals surface area contributed by atoms with E-state index in [2.05, 4.69) is 15.2 Å². The second kappa shape index (κ2) is 7.14. The first kappa shape index (κ1) is 16.5. The summed E-state index contributed by atoms with van der Waals surface area (Å²) in [7, 11) is 0. The molecule has 0 bridgehead atoms. The van der Waals surface area contributed by atoms with Crippen LogP contribution in [0.3, 0.4) is 0 Å². The van der Waals surface area contributed by atoms with Gasteiger partial charge in [0.25, 0.3) is 5.91 Å². The van der Waals surface area contributed by atoms with Gasteiger partial charge in [-0.05, 0) is 49.2 Å². The largest absolute Gasteiger partial charge is 0.393 e. The second-order valence-corrected chi connectivity index (χ2v) is 6.60. The molecule has 26 heavy (non-hydrogen) atoms. The predicted molar refractivity (Wildman–Crippen MR) is 104 cm³/mol. The Hall–Kier alpha value is -2.92. The molecule has 132 valence electrons. The highest BCUT2D eigenvalue weighted by molar-refractivity contribution is 6.08. The molecule has 5 nitrogen and oxygen atoms in total. The predicted octanol–water partition coefficient (Wildman–Crippen LogP) is 3.45. The number of hydrogen-bond acceptors (Lipinski definition) is 4. The lowest BCUT2D eigenvalue weighted by atomic mass is 10.1. The topological polar surface area (TPSA) is 65.5 Å². The Kier molecular flexibility index (Phi) is 4.54. The Morgan fingerprint density at radius 1 is 1.04 bits per heavy atom. The zero-order valence-electron chi connectivity index (χ0n) is 14.4. The minimum absolute atomic E-state index is 0.149. The quantitative estimate of drug-likeness (QED) is 0.762. The van der Waals surface area contributed by atoms with Crippen LogP contribution in [0.15, 0.2) is 60.8 Å². The van der Waals surface area contributed by atoms with E-state index in [9.17, 15) is 9.90 Å². The number of fused-ring (bicyclic) bond motifs is 1. The van der Waals surface area contributed by atoms with Gasteiger partial charge in [0.15, 0.2) is 0 Å². The van der Waals surface area contributed by atoms with E-state index < -0.39 is 0 Å². The lowest BCUT2D eigenvalue weighted by Crippen LogP contribution is -2.35. The van der Waals surface area contributed by atoms with E-state index in [1.165, 1.54) is 0 Å². The molecule has 1 aromatic heterocycles. The van der Waals surface area contributed by atoms with E-state index in [4.69, 9.17) is 0 Å². The van der Waals surface area contributed by atoms with E-state index >= 15 is 0 Å². The Morgan fingerprint density at radius 3 is 2.54 bits per heavy atom. The number of nitrogens with one attached hydrogen (secondary N) is 1. The molecule has 2 heterocycles. The van der Waals surface area contributed by atoms with Crippen LogP contribution in [0.2, 0.25) is 0 Å². The number of piperidine rings is 1. The highest BCUT2D eigenvalue weighted by Crippen LogP contribution is 2.23. The van der Waals surface area contributed by atoms with E-state index in [0.29, 0.717) is 11.3 Å². The Morgan fingerprint density at radius 2 is 1.77 bits per heavy atom. The first-order valence-electron chi connectivity index (χ1n) is 8.89. The van der Waals surface area contributed by atoms with Crippen molar-refractivity contribution in [3.8, 4) is 0 Å².